The van der Waals surface area contributed by atoms with Crippen LogP contribution in [0.3, 0.4) is 0 Å². The van der Waals surface area contributed by atoms with Crippen molar-refractivity contribution in [3.05, 3.63) is 34.9 Å². The summed E-state index contributed by atoms with van der Waals surface area (Å²) < 4.78 is 20.4. The number of rotatable bonds is 5. The number of ether oxygens (including phenoxy) is 1. The van der Waals surface area contributed by atoms with Crippen LogP contribution in [0.1, 0.15) is 55.2 Å². The van der Waals surface area contributed by atoms with Gasteiger partial charge in [0.05, 0.1) is 11.9 Å². The van der Waals surface area contributed by atoms with Gasteiger partial charge in [0, 0.05) is 37.6 Å². The summed E-state index contributed by atoms with van der Waals surface area (Å²) in [7, 11) is 0. The Morgan fingerprint density at radius 3 is 2.70 bits per heavy atom. The Kier molecular flexibility index (Phi) is 5.31. The van der Waals surface area contributed by atoms with E-state index in [1.807, 2.05) is 22.6 Å². The number of aromatic nitrogens is 1. The van der Waals surface area contributed by atoms with E-state index in [-0.39, 0.29) is 19.0 Å². The number of amides is 2. The molecule has 27 heavy (non-hydrogen) atoms. The molecule has 6 nitrogen and oxygen atoms in total. The normalized spacial score (nSPS) is 17.7. The van der Waals surface area contributed by atoms with E-state index in [0.29, 0.717) is 17.9 Å². The van der Waals surface area contributed by atoms with Crippen molar-refractivity contribution in [2.75, 3.05) is 13.1 Å². The zero-order chi connectivity index (χ0) is 19.8. The molecule has 2 amide bonds. The van der Waals surface area contributed by atoms with Gasteiger partial charge in [0.1, 0.15) is 5.60 Å². The van der Waals surface area contributed by atoms with Gasteiger partial charge in [0.15, 0.2) is 0 Å². The molecule has 7 heteroatoms. The lowest BCUT2D eigenvalue weighted by molar-refractivity contribution is 0.0531. The second kappa shape index (κ2) is 7.37. The molecule has 3 rings (SSSR count). The van der Waals surface area contributed by atoms with Gasteiger partial charge in [0.25, 0.3) is 5.91 Å². The van der Waals surface area contributed by atoms with E-state index >= 15 is 0 Å². The first-order valence-electron chi connectivity index (χ1n) is 9.44. The largest absolute Gasteiger partial charge is 0.444 e. The number of nitrogens with one attached hydrogen (secondary N) is 1. The Bertz CT molecular complexity index is 772. The fraction of sp³-hybridized carbons (Fsp3) is 0.600. The third kappa shape index (κ3) is 4.51. The minimum absolute atomic E-state index is 0.0514. The Morgan fingerprint density at radius 2 is 2.11 bits per heavy atom. The molecule has 148 valence electrons. The van der Waals surface area contributed by atoms with E-state index in [9.17, 15) is 14.0 Å². The SMILES string of the molecule is Cc1c2c(cn1C/C(=C/F)CNC(=O)OC(C)(C)C)C(=O)N(C1CC1)CC2. The number of nitrogens with zero attached hydrogens (tertiary/aromatic N) is 2. The number of alkyl carbamates (subject to hydrolysis) is 1. The molecule has 0 aromatic carbocycles. The van der Waals surface area contributed by atoms with E-state index in [1.165, 1.54) is 0 Å². The zero-order valence-corrected chi connectivity index (χ0v) is 16.5. The number of carbonyl (C=O) groups excluding carboxylic acids is 2. The highest BCUT2D eigenvalue weighted by molar-refractivity contribution is 5.97. The molecule has 2 heterocycles. The van der Waals surface area contributed by atoms with Gasteiger partial charge in [-0.05, 0) is 58.1 Å². The van der Waals surface area contributed by atoms with Crippen LogP contribution in [0.5, 0.6) is 0 Å². The summed E-state index contributed by atoms with van der Waals surface area (Å²) in [6.45, 7) is 8.36. The molecule has 2 aliphatic rings. The molecule has 1 saturated carbocycles. The van der Waals surface area contributed by atoms with Crippen molar-refractivity contribution < 1.29 is 18.7 Å². The number of halogens is 1. The van der Waals surface area contributed by atoms with Crippen molar-refractivity contribution in [2.24, 2.45) is 0 Å². The highest BCUT2D eigenvalue weighted by atomic mass is 19.1. The van der Waals surface area contributed by atoms with Crippen LogP contribution in [0.25, 0.3) is 0 Å². The van der Waals surface area contributed by atoms with Crippen LogP contribution in [0.2, 0.25) is 0 Å². The van der Waals surface area contributed by atoms with Gasteiger partial charge in [-0.25, -0.2) is 9.18 Å². The summed E-state index contributed by atoms with van der Waals surface area (Å²) in [5.74, 6) is 0.0817. The summed E-state index contributed by atoms with van der Waals surface area (Å²) in [5.41, 5.74) is 2.56. The summed E-state index contributed by atoms with van der Waals surface area (Å²) in [5, 5.41) is 2.57. The first kappa shape index (κ1) is 19.5. The minimum atomic E-state index is -0.604. The molecular weight excluding hydrogens is 349 g/mol. The van der Waals surface area contributed by atoms with Gasteiger partial charge < -0.3 is 19.5 Å². The molecule has 0 radical (unpaired) electrons. The van der Waals surface area contributed by atoms with Gasteiger partial charge in [-0.15, -0.1) is 0 Å². The van der Waals surface area contributed by atoms with Crippen molar-refractivity contribution in [2.45, 2.75) is 65.1 Å². The second-order valence-corrected chi connectivity index (χ2v) is 8.34. The molecule has 1 aliphatic heterocycles. The monoisotopic (exact) mass is 377 g/mol. The molecule has 1 fully saturated rings. The van der Waals surface area contributed by atoms with Crippen molar-refractivity contribution in [3.63, 3.8) is 0 Å². The van der Waals surface area contributed by atoms with E-state index < -0.39 is 11.7 Å². The van der Waals surface area contributed by atoms with Crippen LogP contribution in [0.4, 0.5) is 9.18 Å². The van der Waals surface area contributed by atoms with Gasteiger partial charge in [0.2, 0.25) is 0 Å². The standard InChI is InChI=1S/C20H28FN3O3/c1-13-16-7-8-24(15-5-6-15)18(25)17(16)12-23(13)11-14(9-21)10-22-19(26)27-20(2,3)4/h9,12,15H,5-8,10-11H2,1-4H3,(H,22,26)/b14-9+. The van der Waals surface area contributed by atoms with Crippen LogP contribution in [0, 0.1) is 6.92 Å². The Labute approximate surface area is 159 Å². The van der Waals surface area contributed by atoms with Crippen LogP contribution < -0.4 is 5.32 Å². The Hall–Kier alpha value is -2.31. The quantitative estimate of drug-likeness (QED) is 0.856. The Balaban J connectivity index is 1.65. The molecule has 0 spiro atoms. The van der Waals surface area contributed by atoms with Crippen molar-refractivity contribution in [3.8, 4) is 0 Å². The van der Waals surface area contributed by atoms with Crippen LogP contribution in [-0.4, -0.2) is 46.2 Å². The second-order valence-electron chi connectivity index (χ2n) is 8.34. The topological polar surface area (TPSA) is 63.6 Å². The predicted molar refractivity (Wildman–Crippen MR) is 100 cm³/mol. The van der Waals surface area contributed by atoms with E-state index in [2.05, 4.69) is 5.32 Å². The van der Waals surface area contributed by atoms with Crippen molar-refractivity contribution in [1.29, 1.82) is 0 Å². The maximum Gasteiger partial charge on any atom is 0.407 e. The Morgan fingerprint density at radius 1 is 1.41 bits per heavy atom. The summed E-state index contributed by atoms with van der Waals surface area (Å²) in [6, 6.07) is 0.397. The van der Waals surface area contributed by atoms with Crippen LogP contribution >= 0.6 is 0 Å². The lowest BCUT2D eigenvalue weighted by Gasteiger charge is -2.27. The lowest BCUT2D eigenvalue weighted by Crippen LogP contribution is -2.38. The molecule has 0 atom stereocenters. The van der Waals surface area contributed by atoms with Crippen LogP contribution in [0.15, 0.2) is 18.1 Å². The highest BCUT2D eigenvalue weighted by Gasteiger charge is 2.37. The summed E-state index contributed by atoms with van der Waals surface area (Å²) in [4.78, 5) is 26.4. The molecule has 0 saturated heterocycles. The lowest BCUT2D eigenvalue weighted by atomic mass is 10.0. The smallest absolute Gasteiger partial charge is 0.407 e. The number of carbonyl (C=O) groups is 2. The van der Waals surface area contributed by atoms with E-state index in [4.69, 9.17) is 4.74 Å². The molecule has 1 N–H and O–H groups in total. The van der Waals surface area contributed by atoms with E-state index in [0.717, 1.165) is 42.6 Å². The van der Waals surface area contributed by atoms with Gasteiger partial charge in [-0.2, -0.15) is 0 Å². The molecule has 1 aromatic heterocycles. The first-order chi connectivity index (χ1) is 12.7. The van der Waals surface area contributed by atoms with Gasteiger partial charge >= 0.3 is 6.09 Å². The molecule has 0 unspecified atom stereocenters. The van der Waals surface area contributed by atoms with Crippen molar-refractivity contribution in [1.82, 2.24) is 14.8 Å². The summed E-state index contributed by atoms with van der Waals surface area (Å²) >= 11 is 0. The summed E-state index contributed by atoms with van der Waals surface area (Å²) in [6.07, 6.45) is 4.76. The number of fused-ring (bicyclic) bond motifs is 1. The molecule has 0 bridgehead atoms. The van der Waals surface area contributed by atoms with Gasteiger partial charge in [-0.1, -0.05) is 0 Å². The first-order valence-corrected chi connectivity index (χ1v) is 9.44. The van der Waals surface area contributed by atoms with Gasteiger partial charge in [-0.3, -0.25) is 4.79 Å². The number of hydrogen-bond donors (Lipinski definition) is 1. The van der Waals surface area contributed by atoms with E-state index in [1.54, 1.807) is 20.8 Å². The average Bonchev–Trinajstić information content (AvgIpc) is 3.36. The third-order valence-corrected chi connectivity index (χ3v) is 4.95. The fourth-order valence-electron chi connectivity index (χ4n) is 3.43. The third-order valence-electron chi connectivity index (χ3n) is 4.95. The number of hydrogen-bond acceptors (Lipinski definition) is 3. The highest BCUT2D eigenvalue weighted by Crippen LogP contribution is 2.33. The maximum atomic E-state index is 13.4. The zero-order valence-electron chi connectivity index (χ0n) is 16.5. The molecule has 1 aliphatic carbocycles. The van der Waals surface area contributed by atoms with Crippen LogP contribution in [-0.2, 0) is 17.7 Å². The minimum Gasteiger partial charge on any atom is -0.444 e. The average molecular weight is 377 g/mol. The molecule has 1 aromatic rings. The molecular formula is C20H28FN3O3. The fourth-order valence-corrected chi connectivity index (χ4v) is 3.43. The predicted octanol–water partition coefficient (Wildman–Crippen LogP) is 3.34. The van der Waals surface area contributed by atoms with Crippen molar-refractivity contribution >= 4 is 12.0 Å². The maximum absolute atomic E-state index is 13.4.